The Kier molecular flexibility index (Phi) is 5.03. The SMILES string of the molecule is CC(C)OC(=O)c1ccc(NS(=O)(=O)c2ccc3c(c2)OCCO3)cc1. The molecule has 8 heteroatoms. The van der Waals surface area contributed by atoms with Gasteiger partial charge in [-0.1, -0.05) is 0 Å². The summed E-state index contributed by atoms with van der Waals surface area (Å²) in [6.07, 6.45) is -0.226. The molecule has 0 aromatic heterocycles. The number of rotatable bonds is 5. The van der Waals surface area contributed by atoms with Crippen LogP contribution in [0.25, 0.3) is 0 Å². The van der Waals surface area contributed by atoms with Crippen molar-refractivity contribution in [2.75, 3.05) is 17.9 Å². The van der Waals surface area contributed by atoms with Crippen molar-refractivity contribution in [2.24, 2.45) is 0 Å². The average molecular weight is 377 g/mol. The molecule has 0 amide bonds. The fraction of sp³-hybridized carbons (Fsp3) is 0.278. The maximum Gasteiger partial charge on any atom is 0.338 e. The van der Waals surface area contributed by atoms with Crippen LogP contribution in [0.4, 0.5) is 5.69 Å². The van der Waals surface area contributed by atoms with Gasteiger partial charge in [0.1, 0.15) is 13.2 Å². The molecule has 1 aliphatic heterocycles. The Bertz CT molecular complexity index is 906. The minimum atomic E-state index is -3.80. The number of ether oxygens (including phenoxy) is 3. The first-order valence-corrected chi connectivity index (χ1v) is 9.57. The largest absolute Gasteiger partial charge is 0.486 e. The van der Waals surface area contributed by atoms with E-state index in [0.717, 1.165) is 0 Å². The Morgan fingerprint density at radius 2 is 1.69 bits per heavy atom. The first-order chi connectivity index (χ1) is 12.3. The smallest absolute Gasteiger partial charge is 0.338 e. The van der Waals surface area contributed by atoms with Gasteiger partial charge in [-0.2, -0.15) is 0 Å². The number of carbonyl (C=O) groups excluding carboxylic acids is 1. The zero-order valence-corrected chi connectivity index (χ0v) is 15.2. The van der Waals surface area contributed by atoms with E-state index in [1.807, 2.05) is 0 Å². The maximum absolute atomic E-state index is 12.6. The van der Waals surface area contributed by atoms with E-state index in [-0.39, 0.29) is 11.0 Å². The Hall–Kier alpha value is -2.74. The van der Waals surface area contributed by atoms with Crippen molar-refractivity contribution in [2.45, 2.75) is 24.8 Å². The Labute approximate surface area is 151 Å². The van der Waals surface area contributed by atoms with E-state index in [0.29, 0.717) is 36.0 Å². The van der Waals surface area contributed by atoms with E-state index < -0.39 is 16.0 Å². The fourth-order valence-electron chi connectivity index (χ4n) is 2.36. The van der Waals surface area contributed by atoms with Crippen LogP contribution in [0, 0.1) is 0 Å². The molecule has 0 atom stereocenters. The van der Waals surface area contributed by atoms with Gasteiger partial charge < -0.3 is 14.2 Å². The summed E-state index contributed by atoms with van der Waals surface area (Å²) in [6, 6.07) is 10.5. The number of hydrogen-bond acceptors (Lipinski definition) is 6. The number of carbonyl (C=O) groups is 1. The summed E-state index contributed by atoms with van der Waals surface area (Å²) in [7, 11) is -3.80. The molecular formula is C18H19NO6S. The molecule has 138 valence electrons. The van der Waals surface area contributed by atoms with Crippen molar-refractivity contribution in [3.63, 3.8) is 0 Å². The van der Waals surface area contributed by atoms with Crippen molar-refractivity contribution in [3.05, 3.63) is 48.0 Å². The molecule has 7 nitrogen and oxygen atoms in total. The molecule has 0 saturated carbocycles. The number of hydrogen-bond donors (Lipinski definition) is 1. The van der Waals surface area contributed by atoms with Crippen LogP contribution in [0.1, 0.15) is 24.2 Å². The third-order valence-electron chi connectivity index (χ3n) is 3.54. The summed E-state index contributed by atoms with van der Waals surface area (Å²) >= 11 is 0. The van der Waals surface area contributed by atoms with Crippen LogP contribution in [0.2, 0.25) is 0 Å². The highest BCUT2D eigenvalue weighted by molar-refractivity contribution is 7.92. The summed E-state index contributed by atoms with van der Waals surface area (Å²) in [5.41, 5.74) is 0.682. The summed E-state index contributed by atoms with van der Waals surface area (Å²) in [5.74, 6) is 0.454. The van der Waals surface area contributed by atoms with Crippen molar-refractivity contribution in [1.82, 2.24) is 0 Å². The second-order valence-corrected chi connectivity index (χ2v) is 7.62. The van der Waals surface area contributed by atoms with Gasteiger partial charge in [0.2, 0.25) is 0 Å². The van der Waals surface area contributed by atoms with Crippen molar-refractivity contribution < 1.29 is 27.4 Å². The lowest BCUT2D eigenvalue weighted by Gasteiger charge is -2.19. The molecule has 1 heterocycles. The van der Waals surface area contributed by atoms with Crippen molar-refractivity contribution >= 4 is 21.7 Å². The topological polar surface area (TPSA) is 90.9 Å². The molecule has 0 aliphatic carbocycles. The molecule has 3 rings (SSSR count). The van der Waals surface area contributed by atoms with Crippen LogP contribution in [0.15, 0.2) is 47.4 Å². The lowest BCUT2D eigenvalue weighted by atomic mass is 10.2. The van der Waals surface area contributed by atoms with Gasteiger partial charge in [-0.3, -0.25) is 4.72 Å². The number of fused-ring (bicyclic) bond motifs is 1. The van der Waals surface area contributed by atoms with E-state index in [1.165, 1.54) is 36.4 Å². The predicted octanol–water partition coefficient (Wildman–Crippen LogP) is 2.82. The van der Waals surface area contributed by atoms with E-state index in [9.17, 15) is 13.2 Å². The second kappa shape index (κ2) is 7.25. The van der Waals surface area contributed by atoms with E-state index in [4.69, 9.17) is 14.2 Å². The number of sulfonamides is 1. The first kappa shape index (κ1) is 18.1. The van der Waals surface area contributed by atoms with Gasteiger partial charge in [0.25, 0.3) is 10.0 Å². The molecule has 0 bridgehead atoms. The van der Waals surface area contributed by atoms with Gasteiger partial charge in [-0.15, -0.1) is 0 Å². The Balaban J connectivity index is 1.76. The number of anilines is 1. The van der Waals surface area contributed by atoms with Gasteiger partial charge in [0, 0.05) is 11.8 Å². The molecule has 2 aromatic carbocycles. The van der Waals surface area contributed by atoms with Crippen LogP contribution in [-0.4, -0.2) is 33.7 Å². The van der Waals surface area contributed by atoms with E-state index in [1.54, 1.807) is 19.9 Å². The maximum atomic E-state index is 12.6. The summed E-state index contributed by atoms with van der Waals surface area (Å²) < 4.78 is 43.5. The highest BCUT2D eigenvalue weighted by Gasteiger charge is 2.19. The second-order valence-electron chi connectivity index (χ2n) is 5.94. The Morgan fingerprint density at radius 3 is 2.35 bits per heavy atom. The third-order valence-corrected chi connectivity index (χ3v) is 4.92. The zero-order chi connectivity index (χ0) is 18.7. The molecule has 0 fully saturated rings. The highest BCUT2D eigenvalue weighted by atomic mass is 32.2. The molecule has 26 heavy (non-hydrogen) atoms. The average Bonchev–Trinajstić information content (AvgIpc) is 2.61. The number of esters is 1. The fourth-order valence-corrected chi connectivity index (χ4v) is 3.44. The summed E-state index contributed by atoms with van der Waals surface area (Å²) in [6.45, 7) is 4.32. The molecule has 0 radical (unpaired) electrons. The molecular weight excluding hydrogens is 358 g/mol. The van der Waals surface area contributed by atoms with Crippen LogP contribution < -0.4 is 14.2 Å². The highest BCUT2D eigenvalue weighted by Crippen LogP contribution is 2.32. The molecule has 1 aliphatic rings. The summed E-state index contributed by atoms with van der Waals surface area (Å²) in [5, 5.41) is 0. The molecule has 0 saturated heterocycles. The van der Waals surface area contributed by atoms with Gasteiger partial charge in [-0.25, -0.2) is 13.2 Å². The van der Waals surface area contributed by atoms with Gasteiger partial charge in [0.05, 0.1) is 16.6 Å². The van der Waals surface area contributed by atoms with Gasteiger partial charge in [-0.05, 0) is 50.2 Å². The van der Waals surface area contributed by atoms with Crippen LogP contribution in [-0.2, 0) is 14.8 Å². The third kappa shape index (κ3) is 4.08. The lowest BCUT2D eigenvalue weighted by molar-refractivity contribution is 0.0378. The van der Waals surface area contributed by atoms with E-state index in [2.05, 4.69) is 4.72 Å². The quantitative estimate of drug-likeness (QED) is 0.806. The molecule has 1 N–H and O–H groups in total. The van der Waals surface area contributed by atoms with Gasteiger partial charge >= 0.3 is 5.97 Å². The monoisotopic (exact) mass is 377 g/mol. The lowest BCUT2D eigenvalue weighted by Crippen LogP contribution is -2.17. The van der Waals surface area contributed by atoms with Crippen LogP contribution in [0.5, 0.6) is 11.5 Å². The van der Waals surface area contributed by atoms with Crippen molar-refractivity contribution in [1.29, 1.82) is 0 Å². The van der Waals surface area contributed by atoms with E-state index >= 15 is 0 Å². The predicted molar refractivity (Wildman–Crippen MR) is 95.2 cm³/mol. The number of benzene rings is 2. The standard InChI is InChI=1S/C18H19NO6S/c1-12(2)25-18(20)13-3-5-14(6-4-13)19-26(21,22)15-7-8-16-17(11-15)24-10-9-23-16/h3-8,11-12,19H,9-10H2,1-2H3. The minimum absolute atomic E-state index is 0.0602. The summed E-state index contributed by atoms with van der Waals surface area (Å²) in [4.78, 5) is 11.9. The first-order valence-electron chi connectivity index (χ1n) is 8.09. The molecule has 0 unspecified atom stereocenters. The van der Waals surface area contributed by atoms with Crippen molar-refractivity contribution in [3.8, 4) is 11.5 Å². The zero-order valence-electron chi connectivity index (χ0n) is 14.4. The Morgan fingerprint density at radius 1 is 1.04 bits per heavy atom. The molecule has 0 spiro atoms. The van der Waals surface area contributed by atoms with Crippen LogP contribution >= 0.6 is 0 Å². The van der Waals surface area contributed by atoms with Gasteiger partial charge in [0.15, 0.2) is 11.5 Å². The van der Waals surface area contributed by atoms with Crippen LogP contribution in [0.3, 0.4) is 0 Å². The normalized spacial score (nSPS) is 13.3. The minimum Gasteiger partial charge on any atom is -0.486 e. The number of nitrogens with one attached hydrogen (secondary N) is 1. The molecule has 2 aromatic rings.